The molecule has 0 saturated carbocycles. The first-order valence-corrected chi connectivity index (χ1v) is 7.56. The highest BCUT2D eigenvalue weighted by Crippen LogP contribution is 2.16. The summed E-state index contributed by atoms with van der Waals surface area (Å²) in [5.74, 6) is 0. The zero-order valence-electron chi connectivity index (χ0n) is 12.4. The van der Waals surface area contributed by atoms with Crippen LogP contribution in [0.3, 0.4) is 0 Å². The number of nitrogens with zero attached hydrogens (tertiary/aromatic N) is 2. The highest BCUT2D eigenvalue weighted by atomic mass is 16.5. The van der Waals surface area contributed by atoms with Crippen LogP contribution in [0.15, 0.2) is 0 Å². The molecule has 0 radical (unpaired) electrons. The fourth-order valence-corrected chi connectivity index (χ4v) is 3.03. The Morgan fingerprint density at radius 3 is 2.84 bits per heavy atom. The van der Waals surface area contributed by atoms with Gasteiger partial charge in [0.15, 0.2) is 0 Å². The summed E-state index contributed by atoms with van der Waals surface area (Å²) in [5.41, 5.74) is 0. The molecule has 5 nitrogen and oxygen atoms in total. The van der Waals surface area contributed by atoms with E-state index in [2.05, 4.69) is 22.0 Å². The van der Waals surface area contributed by atoms with Crippen molar-refractivity contribution in [3.05, 3.63) is 0 Å². The first kappa shape index (κ1) is 15.2. The Balaban J connectivity index is 1.59. The third-order valence-electron chi connectivity index (χ3n) is 4.15. The molecule has 19 heavy (non-hydrogen) atoms. The lowest BCUT2D eigenvalue weighted by atomic mass is 10.2. The van der Waals surface area contributed by atoms with Crippen LogP contribution in [-0.2, 0) is 9.47 Å². The minimum atomic E-state index is 0.447. The summed E-state index contributed by atoms with van der Waals surface area (Å²) in [4.78, 5) is 5.18. The normalized spacial score (nSPS) is 27.8. The van der Waals surface area contributed by atoms with Crippen molar-refractivity contribution in [2.75, 3.05) is 66.2 Å². The van der Waals surface area contributed by atoms with Gasteiger partial charge < -0.3 is 19.7 Å². The molecular weight excluding hydrogens is 242 g/mol. The SMILES string of the molecule is COCC(C)NCCN1CCC(N2CCOCC2)C1. The standard InChI is InChI=1S/C14H29N3O2/c1-13(12-18-2)15-4-6-16-5-3-14(11-16)17-7-9-19-10-8-17/h13-15H,3-12H2,1-2H3. The number of nitrogens with one attached hydrogen (secondary N) is 1. The van der Waals surface area contributed by atoms with Gasteiger partial charge >= 0.3 is 0 Å². The van der Waals surface area contributed by atoms with Crippen LogP contribution in [-0.4, -0.2) is 88.1 Å². The first-order valence-electron chi connectivity index (χ1n) is 7.56. The summed E-state index contributed by atoms with van der Waals surface area (Å²) in [5, 5.41) is 3.50. The van der Waals surface area contributed by atoms with E-state index in [1.54, 1.807) is 7.11 Å². The molecule has 5 heteroatoms. The Morgan fingerprint density at radius 2 is 2.11 bits per heavy atom. The van der Waals surface area contributed by atoms with E-state index in [0.29, 0.717) is 6.04 Å². The second-order valence-corrected chi connectivity index (χ2v) is 5.70. The molecule has 2 aliphatic rings. The lowest BCUT2D eigenvalue weighted by Crippen LogP contribution is -2.45. The number of hydrogen-bond donors (Lipinski definition) is 1. The molecule has 0 spiro atoms. The van der Waals surface area contributed by atoms with Gasteiger partial charge in [-0.3, -0.25) is 4.90 Å². The molecule has 0 bridgehead atoms. The fraction of sp³-hybridized carbons (Fsp3) is 1.00. The second-order valence-electron chi connectivity index (χ2n) is 5.70. The maximum atomic E-state index is 5.42. The highest BCUT2D eigenvalue weighted by Gasteiger charge is 2.28. The molecule has 0 aromatic carbocycles. The number of ether oxygens (including phenoxy) is 2. The average Bonchev–Trinajstić information content (AvgIpc) is 2.89. The molecule has 0 aliphatic carbocycles. The average molecular weight is 271 g/mol. The number of rotatable bonds is 7. The van der Waals surface area contributed by atoms with Crippen molar-refractivity contribution in [2.24, 2.45) is 0 Å². The molecule has 2 atom stereocenters. The zero-order valence-corrected chi connectivity index (χ0v) is 12.4. The molecule has 2 fully saturated rings. The fourth-order valence-electron chi connectivity index (χ4n) is 3.03. The minimum absolute atomic E-state index is 0.447. The summed E-state index contributed by atoms with van der Waals surface area (Å²) in [6.07, 6.45) is 1.31. The van der Waals surface area contributed by atoms with Crippen molar-refractivity contribution in [3.8, 4) is 0 Å². The Bertz CT molecular complexity index is 247. The number of hydrogen-bond acceptors (Lipinski definition) is 5. The monoisotopic (exact) mass is 271 g/mol. The van der Waals surface area contributed by atoms with Gasteiger partial charge in [0.1, 0.15) is 0 Å². The van der Waals surface area contributed by atoms with E-state index in [-0.39, 0.29) is 0 Å². The summed E-state index contributed by atoms with van der Waals surface area (Å²) in [6.45, 7) is 11.7. The van der Waals surface area contributed by atoms with Crippen LogP contribution in [0.2, 0.25) is 0 Å². The van der Waals surface area contributed by atoms with Crippen molar-refractivity contribution in [3.63, 3.8) is 0 Å². The Kier molecular flexibility index (Phi) is 6.53. The summed E-state index contributed by atoms with van der Waals surface area (Å²) < 4.78 is 10.6. The maximum absolute atomic E-state index is 5.42. The van der Waals surface area contributed by atoms with Crippen molar-refractivity contribution in [1.82, 2.24) is 15.1 Å². The summed E-state index contributed by atoms with van der Waals surface area (Å²) in [7, 11) is 1.76. The van der Waals surface area contributed by atoms with Crippen LogP contribution in [0.25, 0.3) is 0 Å². The highest BCUT2D eigenvalue weighted by molar-refractivity contribution is 4.84. The largest absolute Gasteiger partial charge is 0.383 e. The van der Waals surface area contributed by atoms with E-state index in [4.69, 9.17) is 9.47 Å². The third-order valence-corrected chi connectivity index (χ3v) is 4.15. The maximum Gasteiger partial charge on any atom is 0.0613 e. The minimum Gasteiger partial charge on any atom is -0.383 e. The molecule has 2 heterocycles. The smallest absolute Gasteiger partial charge is 0.0613 e. The van der Waals surface area contributed by atoms with Gasteiger partial charge in [0.2, 0.25) is 0 Å². The van der Waals surface area contributed by atoms with E-state index in [1.165, 1.54) is 19.5 Å². The van der Waals surface area contributed by atoms with Crippen molar-refractivity contribution in [2.45, 2.75) is 25.4 Å². The van der Waals surface area contributed by atoms with Crippen molar-refractivity contribution in [1.29, 1.82) is 0 Å². The molecular formula is C14H29N3O2. The van der Waals surface area contributed by atoms with Crippen LogP contribution < -0.4 is 5.32 Å². The predicted molar refractivity (Wildman–Crippen MR) is 76.6 cm³/mol. The number of methoxy groups -OCH3 is 1. The van der Waals surface area contributed by atoms with Crippen molar-refractivity contribution < 1.29 is 9.47 Å². The van der Waals surface area contributed by atoms with E-state index in [9.17, 15) is 0 Å². The van der Waals surface area contributed by atoms with Gasteiger partial charge in [-0.15, -0.1) is 0 Å². The Labute approximate surface area is 117 Å². The second kappa shape index (κ2) is 8.17. The Hall–Kier alpha value is -0.200. The number of likely N-dealkylation sites (tertiary alicyclic amines) is 1. The van der Waals surface area contributed by atoms with Gasteiger partial charge in [-0.2, -0.15) is 0 Å². The molecule has 2 aliphatic heterocycles. The van der Waals surface area contributed by atoms with Gasteiger partial charge in [-0.1, -0.05) is 0 Å². The molecule has 1 N–H and O–H groups in total. The van der Waals surface area contributed by atoms with E-state index in [1.807, 2.05) is 0 Å². The van der Waals surface area contributed by atoms with E-state index in [0.717, 1.165) is 52.0 Å². The molecule has 0 aromatic heterocycles. The van der Waals surface area contributed by atoms with Crippen LogP contribution in [0, 0.1) is 0 Å². The lowest BCUT2D eigenvalue weighted by molar-refractivity contribution is 0.0185. The molecule has 112 valence electrons. The predicted octanol–water partition coefficient (Wildman–Crippen LogP) is 0.0174. The van der Waals surface area contributed by atoms with E-state index >= 15 is 0 Å². The molecule has 2 saturated heterocycles. The summed E-state index contributed by atoms with van der Waals surface area (Å²) in [6, 6.07) is 1.20. The molecule has 0 amide bonds. The topological polar surface area (TPSA) is 37.0 Å². The lowest BCUT2D eigenvalue weighted by Gasteiger charge is -2.32. The Morgan fingerprint density at radius 1 is 1.32 bits per heavy atom. The quantitative estimate of drug-likeness (QED) is 0.706. The van der Waals surface area contributed by atoms with Gasteiger partial charge in [0.05, 0.1) is 19.8 Å². The van der Waals surface area contributed by atoms with Crippen LogP contribution >= 0.6 is 0 Å². The molecule has 0 aromatic rings. The van der Waals surface area contributed by atoms with Crippen molar-refractivity contribution >= 4 is 0 Å². The first-order chi connectivity index (χ1) is 9.29. The third kappa shape index (κ3) is 5.00. The summed E-state index contributed by atoms with van der Waals surface area (Å²) >= 11 is 0. The van der Waals surface area contributed by atoms with Gasteiger partial charge in [0.25, 0.3) is 0 Å². The van der Waals surface area contributed by atoms with E-state index < -0.39 is 0 Å². The van der Waals surface area contributed by atoms with Gasteiger partial charge in [0, 0.05) is 51.9 Å². The van der Waals surface area contributed by atoms with Gasteiger partial charge in [-0.05, 0) is 19.9 Å². The zero-order chi connectivity index (χ0) is 13.5. The van der Waals surface area contributed by atoms with Crippen LogP contribution in [0.1, 0.15) is 13.3 Å². The van der Waals surface area contributed by atoms with Crippen LogP contribution in [0.4, 0.5) is 0 Å². The number of morpholine rings is 1. The van der Waals surface area contributed by atoms with Gasteiger partial charge in [-0.25, -0.2) is 0 Å². The molecule has 2 rings (SSSR count). The molecule has 2 unspecified atom stereocenters. The van der Waals surface area contributed by atoms with Crippen LogP contribution in [0.5, 0.6) is 0 Å².